The Balaban J connectivity index is 1.90. The summed E-state index contributed by atoms with van der Waals surface area (Å²) in [7, 11) is 0. The van der Waals surface area contributed by atoms with Gasteiger partial charge < -0.3 is 9.73 Å². The van der Waals surface area contributed by atoms with Crippen molar-refractivity contribution in [2.24, 2.45) is 0 Å². The Morgan fingerprint density at radius 1 is 1.05 bits per heavy atom. The van der Waals surface area contributed by atoms with Gasteiger partial charge >= 0.3 is 0 Å². The van der Waals surface area contributed by atoms with Crippen molar-refractivity contribution < 1.29 is 9.21 Å². The third-order valence-corrected chi connectivity index (χ3v) is 3.10. The first kappa shape index (κ1) is 11.8. The van der Waals surface area contributed by atoms with Crippen molar-refractivity contribution in [1.29, 1.82) is 0 Å². The number of carbonyl (C=O) groups excluding carboxylic acids is 1. The van der Waals surface area contributed by atoms with Gasteiger partial charge in [-0.3, -0.25) is 4.79 Å². The van der Waals surface area contributed by atoms with E-state index in [-0.39, 0.29) is 11.7 Å². The zero-order valence-electron chi connectivity index (χ0n) is 9.89. The SMILES string of the molecule is O=C(Nc1ccccc1Cl)c1cc2ccccc2o1. The molecule has 0 radical (unpaired) electrons. The predicted molar refractivity (Wildman–Crippen MR) is 75.6 cm³/mol. The van der Waals surface area contributed by atoms with Crippen LogP contribution in [-0.2, 0) is 0 Å². The number of anilines is 1. The lowest BCUT2D eigenvalue weighted by molar-refractivity contribution is 0.0998. The first-order chi connectivity index (χ1) is 9.24. The molecule has 0 aliphatic carbocycles. The number of hydrogen-bond acceptors (Lipinski definition) is 2. The summed E-state index contributed by atoms with van der Waals surface area (Å²) < 4.78 is 5.49. The topological polar surface area (TPSA) is 42.2 Å². The van der Waals surface area contributed by atoms with E-state index in [1.165, 1.54) is 0 Å². The van der Waals surface area contributed by atoms with Gasteiger partial charge in [0.2, 0.25) is 0 Å². The van der Waals surface area contributed by atoms with Crippen molar-refractivity contribution in [3.8, 4) is 0 Å². The molecular weight excluding hydrogens is 262 g/mol. The fraction of sp³-hybridized carbons (Fsp3) is 0. The van der Waals surface area contributed by atoms with Crippen molar-refractivity contribution in [3.05, 3.63) is 65.4 Å². The normalized spacial score (nSPS) is 10.6. The number of nitrogens with one attached hydrogen (secondary N) is 1. The smallest absolute Gasteiger partial charge is 0.291 e. The lowest BCUT2D eigenvalue weighted by atomic mass is 10.2. The molecule has 0 aliphatic heterocycles. The lowest BCUT2D eigenvalue weighted by Crippen LogP contribution is -2.10. The van der Waals surface area contributed by atoms with E-state index < -0.39 is 0 Å². The van der Waals surface area contributed by atoms with Crippen LogP contribution in [0.1, 0.15) is 10.6 Å². The maximum Gasteiger partial charge on any atom is 0.291 e. The molecule has 1 amide bonds. The molecule has 0 saturated heterocycles. The van der Waals surface area contributed by atoms with Gasteiger partial charge in [0.25, 0.3) is 5.91 Å². The highest BCUT2D eigenvalue weighted by Crippen LogP contribution is 2.23. The van der Waals surface area contributed by atoms with Crippen LogP contribution in [0.4, 0.5) is 5.69 Å². The van der Waals surface area contributed by atoms with Gasteiger partial charge in [0.1, 0.15) is 5.58 Å². The molecule has 3 rings (SSSR count). The Labute approximate surface area is 114 Å². The highest BCUT2D eigenvalue weighted by atomic mass is 35.5. The van der Waals surface area contributed by atoms with E-state index in [1.54, 1.807) is 30.3 Å². The summed E-state index contributed by atoms with van der Waals surface area (Å²) in [5.74, 6) is -0.0505. The van der Waals surface area contributed by atoms with E-state index in [2.05, 4.69) is 5.32 Å². The second-order valence-electron chi connectivity index (χ2n) is 4.08. The average molecular weight is 272 g/mol. The molecule has 3 aromatic rings. The third kappa shape index (κ3) is 2.33. The van der Waals surface area contributed by atoms with Crippen LogP contribution < -0.4 is 5.32 Å². The second kappa shape index (κ2) is 4.78. The van der Waals surface area contributed by atoms with Crippen LogP contribution in [0.25, 0.3) is 11.0 Å². The predicted octanol–water partition coefficient (Wildman–Crippen LogP) is 4.34. The van der Waals surface area contributed by atoms with Gasteiger partial charge in [-0.25, -0.2) is 0 Å². The molecule has 0 spiro atoms. The van der Waals surface area contributed by atoms with Gasteiger partial charge in [-0.2, -0.15) is 0 Å². The van der Waals surface area contributed by atoms with Crippen LogP contribution in [0, 0.1) is 0 Å². The summed E-state index contributed by atoms with van der Waals surface area (Å²) in [6, 6.07) is 16.3. The number of para-hydroxylation sites is 2. The molecule has 0 unspecified atom stereocenters. The van der Waals surface area contributed by atoms with Crippen LogP contribution in [0.2, 0.25) is 5.02 Å². The molecule has 1 N–H and O–H groups in total. The number of amides is 1. The summed E-state index contributed by atoms with van der Waals surface area (Å²) in [6.45, 7) is 0. The molecule has 2 aromatic carbocycles. The van der Waals surface area contributed by atoms with Gasteiger partial charge in [0.05, 0.1) is 10.7 Å². The number of fused-ring (bicyclic) bond motifs is 1. The molecule has 0 saturated carbocycles. The van der Waals surface area contributed by atoms with Crippen molar-refractivity contribution in [2.75, 3.05) is 5.32 Å². The number of carbonyl (C=O) groups is 1. The average Bonchev–Trinajstić information content (AvgIpc) is 2.85. The number of halogens is 1. The summed E-state index contributed by atoms with van der Waals surface area (Å²) in [6.07, 6.45) is 0. The Kier molecular flexibility index (Phi) is 2.97. The Hall–Kier alpha value is -2.26. The third-order valence-electron chi connectivity index (χ3n) is 2.77. The maximum atomic E-state index is 12.1. The summed E-state index contributed by atoms with van der Waals surface area (Å²) >= 11 is 5.99. The molecule has 4 heteroatoms. The molecule has 0 atom stereocenters. The fourth-order valence-corrected chi connectivity index (χ4v) is 2.02. The summed E-state index contributed by atoms with van der Waals surface area (Å²) in [4.78, 5) is 12.1. The molecule has 1 aromatic heterocycles. The molecule has 0 fully saturated rings. The number of furan rings is 1. The minimum atomic E-state index is -0.315. The zero-order chi connectivity index (χ0) is 13.2. The zero-order valence-corrected chi connectivity index (χ0v) is 10.6. The van der Waals surface area contributed by atoms with E-state index in [0.717, 1.165) is 5.39 Å². The second-order valence-corrected chi connectivity index (χ2v) is 4.49. The monoisotopic (exact) mass is 271 g/mol. The molecule has 0 bridgehead atoms. The highest BCUT2D eigenvalue weighted by molar-refractivity contribution is 6.33. The van der Waals surface area contributed by atoms with Gasteiger partial charge in [-0.1, -0.05) is 41.9 Å². The van der Waals surface area contributed by atoms with Crippen molar-refractivity contribution in [2.45, 2.75) is 0 Å². The number of hydrogen-bond donors (Lipinski definition) is 1. The summed E-state index contributed by atoms with van der Waals surface area (Å²) in [5, 5.41) is 4.11. The van der Waals surface area contributed by atoms with E-state index >= 15 is 0 Å². The quantitative estimate of drug-likeness (QED) is 0.753. The number of rotatable bonds is 2. The van der Waals surface area contributed by atoms with Crippen LogP contribution in [-0.4, -0.2) is 5.91 Å². The first-order valence-electron chi connectivity index (χ1n) is 5.78. The van der Waals surface area contributed by atoms with Gasteiger partial charge in [-0.05, 0) is 24.3 Å². The van der Waals surface area contributed by atoms with E-state index in [1.807, 2.05) is 24.3 Å². The Bertz CT molecular complexity index is 715. The molecule has 94 valence electrons. The van der Waals surface area contributed by atoms with Gasteiger partial charge in [0.15, 0.2) is 5.76 Å². The fourth-order valence-electron chi connectivity index (χ4n) is 1.84. The van der Waals surface area contributed by atoms with Crippen LogP contribution in [0.3, 0.4) is 0 Å². The minimum absolute atomic E-state index is 0.265. The van der Waals surface area contributed by atoms with E-state index in [4.69, 9.17) is 16.0 Å². The Morgan fingerprint density at radius 3 is 2.58 bits per heavy atom. The van der Waals surface area contributed by atoms with Crippen molar-refractivity contribution >= 4 is 34.2 Å². The van der Waals surface area contributed by atoms with Gasteiger partial charge in [0, 0.05) is 5.39 Å². The number of benzene rings is 2. The Morgan fingerprint density at radius 2 is 1.79 bits per heavy atom. The van der Waals surface area contributed by atoms with E-state index in [0.29, 0.717) is 16.3 Å². The molecule has 0 aliphatic rings. The first-order valence-corrected chi connectivity index (χ1v) is 6.16. The largest absolute Gasteiger partial charge is 0.451 e. The lowest BCUT2D eigenvalue weighted by Gasteiger charge is -2.04. The van der Waals surface area contributed by atoms with Crippen LogP contribution in [0.15, 0.2) is 59.0 Å². The van der Waals surface area contributed by atoms with Crippen molar-refractivity contribution in [3.63, 3.8) is 0 Å². The molecule has 19 heavy (non-hydrogen) atoms. The molecule has 3 nitrogen and oxygen atoms in total. The minimum Gasteiger partial charge on any atom is -0.451 e. The van der Waals surface area contributed by atoms with Crippen molar-refractivity contribution in [1.82, 2.24) is 0 Å². The molecular formula is C15H10ClNO2. The summed E-state index contributed by atoms with van der Waals surface area (Å²) in [5.41, 5.74) is 1.25. The van der Waals surface area contributed by atoms with Crippen LogP contribution in [0.5, 0.6) is 0 Å². The molecule has 1 heterocycles. The maximum absolute atomic E-state index is 12.1. The van der Waals surface area contributed by atoms with Gasteiger partial charge in [-0.15, -0.1) is 0 Å². The highest BCUT2D eigenvalue weighted by Gasteiger charge is 2.13. The van der Waals surface area contributed by atoms with Crippen LogP contribution >= 0.6 is 11.6 Å². The standard InChI is InChI=1S/C15H10ClNO2/c16-11-6-2-3-7-12(11)17-15(18)14-9-10-5-1-4-8-13(10)19-14/h1-9H,(H,17,18). The van der Waals surface area contributed by atoms with E-state index in [9.17, 15) is 4.79 Å².